The topological polar surface area (TPSA) is 427 Å². The van der Waals surface area contributed by atoms with E-state index in [0.29, 0.717) is 12.0 Å². The minimum atomic E-state index is -1.76. The summed E-state index contributed by atoms with van der Waals surface area (Å²) < 4.78 is 0. The highest BCUT2D eigenvalue weighted by atomic mass is 16.4. The number of hydrogen-bond acceptors (Lipinski definition) is 13. The molecule has 1 rings (SSSR count). The summed E-state index contributed by atoms with van der Waals surface area (Å²) in [6.07, 6.45) is -1.23. The first kappa shape index (κ1) is 51.7. The normalized spacial score (nSPS) is 14.9. The zero-order chi connectivity index (χ0) is 45.7. The summed E-state index contributed by atoms with van der Waals surface area (Å²) >= 11 is 0. The van der Waals surface area contributed by atoms with E-state index in [9.17, 15) is 48.9 Å². The van der Waals surface area contributed by atoms with Gasteiger partial charge in [-0.25, -0.2) is 0 Å². The second-order valence-corrected chi connectivity index (χ2v) is 14.3. The number of nitrogens with two attached hydrogens (primary N) is 5. The van der Waals surface area contributed by atoms with E-state index < -0.39 is 102 Å². The van der Waals surface area contributed by atoms with Crippen LogP contribution < -0.4 is 60.6 Å². The van der Waals surface area contributed by atoms with Gasteiger partial charge in [0, 0.05) is 19.5 Å². The molecule has 24 heteroatoms. The molecule has 0 unspecified atom stereocenters. The molecule has 0 radical (unpaired) electrons. The lowest BCUT2D eigenvalue weighted by Crippen LogP contribution is -2.62. The molecule has 0 aromatic heterocycles. The van der Waals surface area contributed by atoms with E-state index in [4.69, 9.17) is 33.8 Å². The summed E-state index contributed by atoms with van der Waals surface area (Å²) in [6.45, 7) is 4.69. The van der Waals surface area contributed by atoms with E-state index in [1.807, 2.05) is 0 Å². The predicted octanol–water partition coefficient (Wildman–Crippen LogP) is -5.59. The molecule has 1 aromatic rings. The van der Waals surface area contributed by atoms with Gasteiger partial charge in [-0.2, -0.15) is 0 Å². The molecular formula is C36H61N13O11. The summed E-state index contributed by atoms with van der Waals surface area (Å²) in [6, 6.07) is -4.15. The Balaban J connectivity index is 3.31. The Bertz CT molecular complexity index is 1670. The van der Waals surface area contributed by atoms with Gasteiger partial charge in [0.05, 0.1) is 18.8 Å². The lowest BCUT2D eigenvalue weighted by atomic mass is 10.0. The summed E-state index contributed by atoms with van der Waals surface area (Å²) in [5, 5.41) is 53.8. The Morgan fingerprint density at radius 2 is 1.10 bits per heavy atom. The number of carbonyl (C=O) groups is 7. The summed E-state index contributed by atoms with van der Waals surface area (Å²) in [4.78, 5) is 99.1. The van der Waals surface area contributed by atoms with E-state index in [1.165, 1.54) is 31.2 Å². The molecule has 0 fully saturated rings. The fourth-order valence-corrected chi connectivity index (χ4v) is 5.32. The average molecular weight is 852 g/mol. The highest BCUT2D eigenvalue weighted by molar-refractivity contribution is 5.97. The van der Waals surface area contributed by atoms with Crippen LogP contribution >= 0.6 is 0 Å². The highest BCUT2D eigenvalue weighted by Crippen LogP contribution is 2.13. The Morgan fingerprint density at radius 3 is 1.60 bits per heavy atom. The number of rotatable bonds is 26. The summed E-state index contributed by atoms with van der Waals surface area (Å²) in [5.74, 6) is -7.92. The lowest BCUT2D eigenvalue weighted by Gasteiger charge is -2.28. The third-order valence-electron chi connectivity index (χ3n) is 8.75. The van der Waals surface area contributed by atoms with Gasteiger partial charge in [0.25, 0.3) is 0 Å². The maximum Gasteiger partial charge on any atom is 0.325 e. The van der Waals surface area contributed by atoms with Gasteiger partial charge in [0.1, 0.15) is 42.0 Å². The van der Waals surface area contributed by atoms with Gasteiger partial charge in [-0.3, -0.25) is 43.5 Å². The third-order valence-corrected chi connectivity index (χ3v) is 8.75. The SMILES string of the molecule is CC(C)[C@H](NC(=O)[C@@H](NC(=O)[C@H](CO)NC(=O)[C@H](CCCN=C(N)N)NC(=O)[C@H](Cc1ccc(O)cc1)NC(=O)[C@@H](N)CCCN=C(N)N)[C@@H](C)O)C(=O)N[C@@H](C)C(=O)O. The molecule has 0 aliphatic rings. The van der Waals surface area contributed by atoms with Crippen molar-refractivity contribution < 1.29 is 54.0 Å². The second-order valence-electron chi connectivity index (χ2n) is 14.3. The van der Waals surface area contributed by atoms with Gasteiger partial charge in [0.15, 0.2) is 11.9 Å². The van der Waals surface area contributed by atoms with Crippen molar-refractivity contribution in [2.24, 2.45) is 44.6 Å². The molecule has 1 aromatic carbocycles. The van der Waals surface area contributed by atoms with E-state index in [0.717, 1.165) is 6.92 Å². The molecule has 0 spiro atoms. The van der Waals surface area contributed by atoms with Crippen molar-refractivity contribution in [3.05, 3.63) is 29.8 Å². The summed E-state index contributed by atoms with van der Waals surface area (Å²) in [7, 11) is 0. The van der Waals surface area contributed by atoms with Crippen molar-refractivity contribution in [3.8, 4) is 5.75 Å². The predicted molar refractivity (Wildman–Crippen MR) is 218 cm³/mol. The van der Waals surface area contributed by atoms with Crippen molar-refractivity contribution >= 4 is 53.3 Å². The van der Waals surface area contributed by atoms with Gasteiger partial charge < -0.3 is 81.0 Å². The first-order chi connectivity index (χ1) is 28.1. The fraction of sp³-hybridized carbons (Fsp3) is 0.583. The van der Waals surface area contributed by atoms with Gasteiger partial charge in [-0.05, 0) is 63.1 Å². The van der Waals surface area contributed by atoms with Crippen LogP contribution in [0.2, 0.25) is 0 Å². The monoisotopic (exact) mass is 851 g/mol. The van der Waals surface area contributed by atoms with Crippen LogP contribution in [0.15, 0.2) is 34.3 Å². The lowest BCUT2D eigenvalue weighted by molar-refractivity contribution is -0.142. The number of aliphatic hydroxyl groups is 2. The van der Waals surface area contributed by atoms with Crippen LogP contribution in [0.4, 0.5) is 0 Å². The number of aliphatic imine (C=N–C) groups is 2. The number of carboxylic acids is 1. The Kier molecular flexibility index (Phi) is 22.4. The van der Waals surface area contributed by atoms with Gasteiger partial charge >= 0.3 is 5.97 Å². The van der Waals surface area contributed by atoms with Crippen LogP contribution in [-0.2, 0) is 40.0 Å². The zero-order valence-corrected chi connectivity index (χ0v) is 34.1. The number of amides is 6. The van der Waals surface area contributed by atoms with Crippen molar-refractivity contribution in [2.75, 3.05) is 19.7 Å². The summed E-state index contributed by atoms with van der Waals surface area (Å²) in [5.41, 5.74) is 28.1. The average Bonchev–Trinajstić information content (AvgIpc) is 3.17. The molecule has 0 bridgehead atoms. The number of phenolic OH excluding ortho intramolecular Hbond substituents is 1. The van der Waals surface area contributed by atoms with E-state index in [2.05, 4.69) is 41.9 Å². The maximum absolute atomic E-state index is 13.9. The van der Waals surface area contributed by atoms with Crippen molar-refractivity contribution in [1.29, 1.82) is 0 Å². The van der Waals surface area contributed by atoms with Crippen LogP contribution in [0.25, 0.3) is 0 Å². The minimum Gasteiger partial charge on any atom is -0.508 e. The van der Waals surface area contributed by atoms with Crippen molar-refractivity contribution in [3.63, 3.8) is 0 Å². The molecule has 0 saturated heterocycles. The Labute approximate surface area is 346 Å². The number of benzene rings is 1. The van der Waals surface area contributed by atoms with E-state index >= 15 is 0 Å². The maximum atomic E-state index is 13.9. The van der Waals surface area contributed by atoms with Crippen molar-refractivity contribution in [2.45, 2.75) is 108 Å². The van der Waals surface area contributed by atoms with Gasteiger partial charge in [-0.15, -0.1) is 0 Å². The number of carboxylic acid groups (broad SMARTS) is 1. The first-order valence-electron chi connectivity index (χ1n) is 19.1. The quantitative estimate of drug-likeness (QED) is 0.0235. The first-order valence-corrected chi connectivity index (χ1v) is 19.1. The second kappa shape index (κ2) is 26.0. The molecule has 6 amide bonds. The largest absolute Gasteiger partial charge is 0.508 e. The number of hydrogen-bond donors (Lipinski definition) is 15. The van der Waals surface area contributed by atoms with E-state index in [-0.39, 0.29) is 56.4 Å². The van der Waals surface area contributed by atoms with Crippen LogP contribution in [-0.4, -0.2) is 142 Å². The van der Waals surface area contributed by atoms with E-state index in [1.54, 1.807) is 13.8 Å². The molecular weight excluding hydrogens is 790 g/mol. The molecule has 24 nitrogen and oxygen atoms in total. The molecule has 0 aliphatic heterocycles. The molecule has 0 heterocycles. The third kappa shape index (κ3) is 19.0. The number of aliphatic hydroxyl groups excluding tert-OH is 2. The van der Waals surface area contributed by atoms with Crippen LogP contribution in [0.3, 0.4) is 0 Å². The molecule has 8 atom stereocenters. The highest BCUT2D eigenvalue weighted by Gasteiger charge is 2.35. The molecule has 336 valence electrons. The Hall–Kier alpha value is -6.27. The number of nitrogens with zero attached hydrogens (tertiary/aromatic N) is 2. The van der Waals surface area contributed by atoms with Gasteiger partial charge in [0.2, 0.25) is 35.4 Å². The smallest absolute Gasteiger partial charge is 0.325 e. The number of aromatic hydroxyl groups is 1. The standard InChI is InChI=1S/C36H61N13O11/c1-17(2)26(32(57)44-18(3)34(59)60)48-33(58)27(19(4)51)49-31(56)25(16-50)47-29(54)23(8-6-14-43-36(40)41)45-30(55)24(15-20-9-11-21(52)12-10-20)46-28(53)22(37)7-5-13-42-35(38)39/h9-12,17-19,22-27,50-52H,5-8,13-16,37H2,1-4H3,(H,44,57)(H,45,55)(H,46,53)(H,47,54)(H,48,58)(H,49,56)(H,59,60)(H4,38,39,42)(H4,40,41,43)/t18-,19+,22-,23-,24-,25-,26-,27-/m0/s1. The number of aliphatic carboxylic acids is 1. The minimum absolute atomic E-state index is 0.0179. The zero-order valence-electron chi connectivity index (χ0n) is 34.1. The molecule has 60 heavy (non-hydrogen) atoms. The fourth-order valence-electron chi connectivity index (χ4n) is 5.32. The number of phenols is 1. The molecule has 20 N–H and O–H groups in total. The number of nitrogens with one attached hydrogen (secondary N) is 6. The molecule has 0 aliphatic carbocycles. The van der Waals surface area contributed by atoms with Crippen molar-refractivity contribution in [1.82, 2.24) is 31.9 Å². The van der Waals surface area contributed by atoms with Crippen LogP contribution in [0.1, 0.15) is 58.9 Å². The number of carbonyl (C=O) groups excluding carboxylic acids is 6. The number of guanidine groups is 2. The molecule has 0 saturated carbocycles. The van der Waals surface area contributed by atoms with Gasteiger partial charge in [-0.1, -0.05) is 26.0 Å². The van der Waals surface area contributed by atoms with Crippen LogP contribution in [0, 0.1) is 5.92 Å². The van der Waals surface area contributed by atoms with Crippen LogP contribution in [0.5, 0.6) is 5.75 Å². The Morgan fingerprint density at radius 1 is 0.633 bits per heavy atom.